The molecule has 0 aliphatic carbocycles. The number of nitrogens with zero attached hydrogens (tertiary/aromatic N) is 2. The van der Waals surface area contributed by atoms with E-state index in [2.05, 4.69) is 20.9 Å². The van der Waals surface area contributed by atoms with E-state index >= 15 is 0 Å². The van der Waals surface area contributed by atoms with Crippen molar-refractivity contribution in [1.29, 1.82) is 0 Å². The fraction of sp³-hybridized carbons (Fsp3) is 0. The van der Waals surface area contributed by atoms with Crippen molar-refractivity contribution in [3.63, 3.8) is 0 Å². The van der Waals surface area contributed by atoms with E-state index in [1.54, 1.807) is 12.3 Å². The molecule has 5 heteroatoms. The molecule has 66 valence electrons. The molecular formula is C8H5BrN2O2. The van der Waals surface area contributed by atoms with Gasteiger partial charge in [-0.15, -0.1) is 0 Å². The van der Waals surface area contributed by atoms with Crippen molar-refractivity contribution in [2.75, 3.05) is 0 Å². The Labute approximate surface area is 82.0 Å². The minimum atomic E-state index is -1.03. The average molecular weight is 241 g/mol. The molecule has 0 aliphatic rings. The zero-order valence-electron chi connectivity index (χ0n) is 6.44. The van der Waals surface area contributed by atoms with Gasteiger partial charge in [-0.2, -0.15) is 0 Å². The lowest BCUT2D eigenvalue weighted by Gasteiger charge is -2.00. The average Bonchev–Trinajstić information content (AvgIpc) is 2.53. The van der Waals surface area contributed by atoms with Gasteiger partial charge in [0.1, 0.15) is 0 Å². The fourth-order valence-electron chi connectivity index (χ4n) is 1.16. The molecule has 0 aliphatic heterocycles. The van der Waals surface area contributed by atoms with Gasteiger partial charge >= 0.3 is 5.97 Å². The summed E-state index contributed by atoms with van der Waals surface area (Å²) in [6, 6.07) is 3.59. The summed E-state index contributed by atoms with van der Waals surface area (Å²) < 4.78 is 2.30. The third-order valence-electron chi connectivity index (χ3n) is 1.71. The molecule has 2 heterocycles. The molecule has 0 amide bonds. The van der Waals surface area contributed by atoms with E-state index in [0.717, 1.165) is 9.99 Å². The van der Waals surface area contributed by atoms with Crippen LogP contribution in [0.2, 0.25) is 0 Å². The second-order valence-electron chi connectivity index (χ2n) is 2.50. The molecule has 1 N–H and O–H groups in total. The molecule has 0 fully saturated rings. The Morgan fingerprint density at radius 1 is 1.62 bits per heavy atom. The van der Waals surface area contributed by atoms with Crippen LogP contribution < -0.4 is 0 Å². The maximum atomic E-state index is 10.7. The SMILES string of the molecule is O=C(O)c1ncc(Br)c2cccn12. The van der Waals surface area contributed by atoms with Crippen LogP contribution in [0.25, 0.3) is 5.52 Å². The number of carboxylic acid groups (broad SMARTS) is 1. The van der Waals surface area contributed by atoms with Crippen LogP contribution in [0.15, 0.2) is 29.0 Å². The van der Waals surface area contributed by atoms with Crippen molar-refractivity contribution in [1.82, 2.24) is 9.38 Å². The molecule has 0 aromatic carbocycles. The monoisotopic (exact) mass is 240 g/mol. The lowest BCUT2D eigenvalue weighted by Crippen LogP contribution is -2.07. The Bertz CT molecular complexity index is 478. The van der Waals surface area contributed by atoms with Crippen molar-refractivity contribution >= 4 is 27.4 Å². The number of carbonyl (C=O) groups is 1. The lowest BCUT2D eigenvalue weighted by molar-refractivity contribution is 0.0681. The van der Waals surface area contributed by atoms with Gasteiger partial charge in [0.05, 0.1) is 9.99 Å². The molecular weight excluding hydrogens is 236 g/mol. The summed E-state index contributed by atoms with van der Waals surface area (Å²) in [6.07, 6.45) is 3.15. The van der Waals surface area contributed by atoms with Crippen molar-refractivity contribution in [3.8, 4) is 0 Å². The molecule has 0 bridgehead atoms. The largest absolute Gasteiger partial charge is 0.475 e. The highest BCUT2D eigenvalue weighted by molar-refractivity contribution is 9.10. The number of carboxylic acids is 1. The first kappa shape index (κ1) is 8.25. The predicted octanol–water partition coefficient (Wildman–Crippen LogP) is 1.79. The first-order valence-corrected chi connectivity index (χ1v) is 4.34. The number of hydrogen-bond donors (Lipinski definition) is 1. The van der Waals surface area contributed by atoms with Gasteiger partial charge in [-0.1, -0.05) is 0 Å². The van der Waals surface area contributed by atoms with Crippen molar-refractivity contribution in [2.24, 2.45) is 0 Å². The highest BCUT2D eigenvalue weighted by Gasteiger charge is 2.10. The normalized spacial score (nSPS) is 10.5. The number of halogens is 1. The van der Waals surface area contributed by atoms with E-state index in [0.29, 0.717) is 0 Å². The Morgan fingerprint density at radius 2 is 2.38 bits per heavy atom. The molecule has 0 radical (unpaired) electrons. The van der Waals surface area contributed by atoms with Crippen LogP contribution >= 0.6 is 15.9 Å². The van der Waals surface area contributed by atoms with Gasteiger partial charge < -0.3 is 5.11 Å². The van der Waals surface area contributed by atoms with Gasteiger partial charge in [-0.3, -0.25) is 4.40 Å². The maximum Gasteiger partial charge on any atom is 0.372 e. The van der Waals surface area contributed by atoms with Gasteiger partial charge in [-0.25, -0.2) is 9.78 Å². The predicted molar refractivity (Wildman–Crippen MR) is 49.9 cm³/mol. The Kier molecular flexibility index (Phi) is 1.81. The Hall–Kier alpha value is -1.36. The summed E-state index contributed by atoms with van der Waals surface area (Å²) >= 11 is 3.28. The van der Waals surface area contributed by atoms with Crippen LogP contribution in [0.4, 0.5) is 0 Å². The van der Waals surface area contributed by atoms with Crippen LogP contribution in [0.3, 0.4) is 0 Å². The first-order chi connectivity index (χ1) is 6.20. The molecule has 0 unspecified atom stereocenters. The van der Waals surface area contributed by atoms with E-state index in [9.17, 15) is 4.79 Å². The molecule has 2 rings (SSSR count). The van der Waals surface area contributed by atoms with Gasteiger partial charge in [0.25, 0.3) is 0 Å². The van der Waals surface area contributed by atoms with Gasteiger partial charge in [-0.05, 0) is 28.1 Å². The minimum absolute atomic E-state index is 0.0169. The maximum absolute atomic E-state index is 10.7. The topological polar surface area (TPSA) is 54.6 Å². The van der Waals surface area contributed by atoms with Gasteiger partial charge in [0, 0.05) is 12.4 Å². The summed E-state index contributed by atoms with van der Waals surface area (Å²) in [5.74, 6) is -1.02. The highest BCUT2D eigenvalue weighted by atomic mass is 79.9. The Morgan fingerprint density at radius 3 is 3.08 bits per heavy atom. The third kappa shape index (κ3) is 1.21. The van der Waals surface area contributed by atoms with E-state index in [-0.39, 0.29) is 5.82 Å². The van der Waals surface area contributed by atoms with Crippen molar-refractivity contribution in [3.05, 3.63) is 34.8 Å². The van der Waals surface area contributed by atoms with E-state index in [1.165, 1.54) is 10.6 Å². The first-order valence-electron chi connectivity index (χ1n) is 3.55. The molecule has 2 aromatic heterocycles. The van der Waals surface area contributed by atoms with E-state index in [1.807, 2.05) is 6.07 Å². The van der Waals surface area contributed by atoms with Crippen LogP contribution in [-0.2, 0) is 0 Å². The number of fused-ring (bicyclic) bond motifs is 1. The highest BCUT2D eigenvalue weighted by Crippen LogP contribution is 2.18. The Balaban J connectivity index is 2.86. The summed E-state index contributed by atoms with van der Waals surface area (Å²) in [6.45, 7) is 0. The second kappa shape index (κ2) is 2.85. The summed E-state index contributed by atoms with van der Waals surface area (Å²) in [4.78, 5) is 14.5. The number of aromatic nitrogens is 2. The minimum Gasteiger partial charge on any atom is -0.475 e. The number of aromatic carboxylic acids is 1. The number of rotatable bonds is 1. The molecule has 0 saturated carbocycles. The van der Waals surface area contributed by atoms with E-state index < -0.39 is 5.97 Å². The van der Waals surface area contributed by atoms with Gasteiger partial charge in [0.15, 0.2) is 0 Å². The third-order valence-corrected chi connectivity index (χ3v) is 2.32. The van der Waals surface area contributed by atoms with Crippen LogP contribution in [-0.4, -0.2) is 20.5 Å². The van der Waals surface area contributed by atoms with Crippen LogP contribution in [0, 0.1) is 0 Å². The van der Waals surface area contributed by atoms with Gasteiger partial charge in [0.2, 0.25) is 5.82 Å². The molecule has 4 nitrogen and oxygen atoms in total. The molecule has 2 aromatic rings. The van der Waals surface area contributed by atoms with Crippen molar-refractivity contribution < 1.29 is 9.90 Å². The zero-order chi connectivity index (χ0) is 9.42. The fourth-order valence-corrected chi connectivity index (χ4v) is 1.59. The smallest absolute Gasteiger partial charge is 0.372 e. The second-order valence-corrected chi connectivity index (χ2v) is 3.35. The zero-order valence-corrected chi connectivity index (χ0v) is 8.02. The standard InChI is InChI=1S/C8H5BrN2O2/c9-5-4-10-7(8(12)13)11-3-1-2-6(5)11/h1-4H,(H,12,13). The quantitative estimate of drug-likeness (QED) is 0.828. The summed E-state index contributed by atoms with van der Waals surface area (Å²) in [5, 5.41) is 8.79. The molecule has 0 atom stereocenters. The molecule has 13 heavy (non-hydrogen) atoms. The molecule has 0 spiro atoms. The van der Waals surface area contributed by atoms with Crippen LogP contribution in [0.5, 0.6) is 0 Å². The van der Waals surface area contributed by atoms with E-state index in [4.69, 9.17) is 5.11 Å². The molecule has 0 saturated heterocycles. The number of hydrogen-bond acceptors (Lipinski definition) is 2. The van der Waals surface area contributed by atoms with Crippen molar-refractivity contribution in [2.45, 2.75) is 0 Å². The van der Waals surface area contributed by atoms with Crippen LogP contribution in [0.1, 0.15) is 10.6 Å². The summed E-state index contributed by atoms with van der Waals surface area (Å²) in [7, 11) is 0. The lowest BCUT2D eigenvalue weighted by atomic mass is 10.4. The summed E-state index contributed by atoms with van der Waals surface area (Å²) in [5.41, 5.74) is 0.799.